The van der Waals surface area contributed by atoms with Gasteiger partial charge >= 0.3 is 12.1 Å². The number of ether oxygens (including phenoxy) is 1. The van der Waals surface area contributed by atoms with Crippen molar-refractivity contribution < 1.29 is 27.5 Å². The summed E-state index contributed by atoms with van der Waals surface area (Å²) < 4.78 is 45.3. The van der Waals surface area contributed by atoms with Crippen LogP contribution in [0.5, 0.6) is 0 Å². The van der Waals surface area contributed by atoms with E-state index >= 15 is 0 Å². The highest BCUT2D eigenvalue weighted by Crippen LogP contribution is 2.33. The van der Waals surface area contributed by atoms with Crippen molar-refractivity contribution in [3.63, 3.8) is 0 Å². The predicted octanol–water partition coefficient (Wildman–Crippen LogP) is 2.89. The summed E-state index contributed by atoms with van der Waals surface area (Å²) in [7, 11) is 1.25. The van der Waals surface area contributed by atoms with Crippen LogP contribution in [0.3, 0.4) is 0 Å². The monoisotopic (exact) mass is 396 g/mol. The topological polar surface area (TPSA) is 86.1 Å². The van der Waals surface area contributed by atoms with E-state index in [-0.39, 0.29) is 11.4 Å². The molecule has 1 aliphatic rings. The third-order valence-electron chi connectivity index (χ3n) is 4.82. The number of alkyl halides is 3. The quantitative estimate of drug-likeness (QED) is 0.804. The molecule has 150 valence electrons. The molecule has 0 spiro atoms. The molecule has 2 aromatic rings. The van der Waals surface area contributed by atoms with Gasteiger partial charge in [0.2, 0.25) is 0 Å². The van der Waals surface area contributed by atoms with Gasteiger partial charge in [0, 0.05) is 0 Å². The van der Waals surface area contributed by atoms with E-state index in [4.69, 9.17) is 4.74 Å². The summed E-state index contributed by atoms with van der Waals surface area (Å²) in [6.45, 7) is 0. The first-order valence-electron chi connectivity index (χ1n) is 8.77. The fraction of sp³-hybridized carbons (Fsp3) is 0.444. The molecule has 28 heavy (non-hydrogen) atoms. The number of halogens is 3. The summed E-state index contributed by atoms with van der Waals surface area (Å²) in [5.41, 5.74) is -2.49. The molecule has 1 fully saturated rings. The van der Waals surface area contributed by atoms with Gasteiger partial charge in [-0.05, 0) is 25.0 Å². The number of carbonyl (C=O) groups is 2. The fourth-order valence-corrected chi connectivity index (χ4v) is 3.41. The Morgan fingerprint density at radius 3 is 2.50 bits per heavy atom. The molecule has 1 N–H and O–H groups in total. The second-order valence-electron chi connectivity index (χ2n) is 6.65. The van der Waals surface area contributed by atoms with Crippen LogP contribution in [-0.2, 0) is 15.7 Å². The van der Waals surface area contributed by atoms with Gasteiger partial charge in [-0.3, -0.25) is 4.79 Å². The second-order valence-corrected chi connectivity index (χ2v) is 6.65. The molecule has 3 rings (SSSR count). The molecule has 1 aromatic carbocycles. The Morgan fingerprint density at radius 2 is 1.86 bits per heavy atom. The van der Waals surface area contributed by atoms with Crippen LogP contribution in [0.25, 0.3) is 5.69 Å². The lowest BCUT2D eigenvalue weighted by Crippen LogP contribution is -2.56. The number of nitrogens with zero attached hydrogens (tertiary/aromatic N) is 3. The number of para-hydroxylation sites is 1. The summed E-state index contributed by atoms with van der Waals surface area (Å²) in [6, 6.07) is 4.85. The van der Waals surface area contributed by atoms with E-state index in [9.17, 15) is 22.8 Å². The van der Waals surface area contributed by atoms with E-state index in [1.807, 2.05) is 0 Å². The summed E-state index contributed by atoms with van der Waals surface area (Å²) >= 11 is 0. The number of aromatic nitrogens is 3. The Bertz CT molecular complexity index is 873. The van der Waals surface area contributed by atoms with Crippen LogP contribution in [0.2, 0.25) is 0 Å². The number of esters is 1. The van der Waals surface area contributed by atoms with E-state index in [2.05, 4.69) is 15.6 Å². The minimum absolute atomic E-state index is 0.189. The normalized spacial score (nSPS) is 16.4. The van der Waals surface area contributed by atoms with Crippen molar-refractivity contribution >= 4 is 11.9 Å². The Balaban J connectivity index is 1.86. The molecule has 0 bridgehead atoms. The van der Waals surface area contributed by atoms with Crippen molar-refractivity contribution in [3.05, 3.63) is 41.7 Å². The highest BCUT2D eigenvalue weighted by Gasteiger charge is 2.42. The zero-order valence-corrected chi connectivity index (χ0v) is 15.1. The van der Waals surface area contributed by atoms with Crippen molar-refractivity contribution in [3.8, 4) is 5.69 Å². The smallest absolute Gasteiger partial charge is 0.418 e. The van der Waals surface area contributed by atoms with Crippen molar-refractivity contribution in [1.29, 1.82) is 0 Å². The lowest BCUT2D eigenvalue weighted by atomic mass is 9.81. The fourth-order valence-electron chi connectivity index (χ4n) is 3.41. The molecule has 0 radical (unpaired) electrons. The maximum atomic E-state index is 13.2. The van der Waals surface area contributed by atoms with Crippen molar-refractivity contribution in [1.82, 2.24) is 20.3 Å². The molecule has 1 amide bonds. The van der Waals surface area contributed by atoms with Gasteiger partial charge in [-0.15, -0.1) is 5.10 Å². The van der Waals surface area contributed by atoms with E-state index in [0.717, 1.165) is 36.2 Å². The third kappa shape index (κ3) is 3.85. The standard InChI is InChI=1S/C18H19F3N4O3/c1-28-16(27)17(9-5-2-6-10-17)22-15(26)13-11-25(24-23-13)14-8-4-3-7-12(14)18(19,20)21/h3-4,7-8,11H,2,5-6,9-10H2,1H3,(H,22,26). The SMILES string of the molecule is COC(=O)C1(NC(=O)c2cn(-c3ccccc3C(F)(F)F)nn2)CCCCC1. The largest absolute Gasteiger partial charge is 0.467 e. The summed E-state index contributed by atoms with van der Waals surface area (Å²) in [4.78, 5) is 24.8. The molecule has 1 heterocycles. The maximum absolute atomic E-state index is 13.2. The van der Waals surface area contributed by atoms with Crippen LogP contribution in [-0.4, -0.2) is 39.5 Å². The Kier molecular flexibility index (Phi) is 5.39. The zero-order chi connectivity index (χ0) is 20.4. The second kappa shape index (κ2) is 7.61. The number of hydrogen-bond donors (Lipinski definition) is 1. The van der Waals surface area contributed by atoms with Gasteiger partial charge < -0.3 is 10.1 Å². The van der Waals surface area contributed by atoms with E-state index in [1.54, 1.807) is 0 Å². The van der Waals surface area contributed by atoms with Crippen LogP contribution in [0.4, 0.5) is 13.2 Å². The molecular formula is C18H19F3N4O3. The number of amides is 1. The molecular weight excluding hydrogens is 377 g/mol. The van der Waals surface area contributed by atoms with Crippen molar-refractivity contribution in [2.75, 3.05) is 7.11 Å². The number of carbonyl (C=O) groups excluding carboxylic acids is 2. The van der Waals surface area contributed by atoms with Gasteiger partial charge in [0.05, 0.1) is 24.6 Å². The molecule has 0 atom stereocenters. The van der Waals surface area contributed by atoms with Crippen LogP contribution in [0.1, 0.15) is 48.2 Å². The molecule has 0 saturated heterocycles. The lowest BCUT2D eigenvalue weighted by molar-refractivity contribution is -0.149. The number of methoxy groups -OCH3 is 1. The average molecular weight is 396 g/mol. The number of hydrogen-bond acceptors (Lipinski definition) is 5. The summed E-state index contributed by atoms with van der Waals surface area (Å²) in [5.74, 6) is -1.24. The highest BCUT2D eigenvalue weighted by atomic mass is 19.4. The van der Waals surface area contributed by atoms with Crippen molar-refractivity contribution in [2.45, 2.75) is 43.8 Å². The molecule has 0 aliphatic heterocycles. The average Bonchev–Trinajstić information content (AvgIpc) is 3.17. The molecule has 7 nitrogen and oxygen atoms in total. The minimum Gasteiger partial charge on any atom is -0.467 e. The zero-order valence-electron chi connectivity index (χ0n) is 15.1. The van der Waals surface area contributed by atoms with Gasteiger partial charge in [0.15, 0.2) is 5.69 Å². The van der Waals surface area contributed by atoms with Crippen molar-refractivity contribution in [2.24, 2.45) is 0 Å². The Morgan fingerprint density at radius 1 is 1.18 bits per heavy atom. The van der Waals surface area contributed by atoms with E-state index in [0.29, 0.717) is 12.8 Å². The van der Waals surface area contributed by atoms with Crippen LogP contribution >= 0.6 is 0 Å². The first-order valence-corrected chi connectivity index (χ1v) is 8.77. The van der Waals surface area contributed by atoms with Gasteiger partial charge in [0.25, 0.3) is 5.91 Å². The third-order valence-corrected chi connectivity index (χ3v) is 4.82. The molecule has 1 aliphatic carbocycles. The van der Waals surface area contributed by atoms with Crippen LogP contribution in [0.15, 0.2) is 30.5 Å². The van der Waals surface area contributed by atoms with Gasteiger partial charge in [-0.25, -0.2) is 9.48 Å². The minimum atomic E-state index is -4.58. The van der Waals surface area contributed by atoms with Gasteiger partial charge in [0.1, 0.15) is 5.54 Å². The van der Waals surface area contributed by atoms with E-state index in [1.165, 1.54) is 25.3 Å². The van der Waals surface area contributed by atoms with Gasteiger partial charge in [-0.1, -0.05) is 36.6 Å². The number of benzene rings is 1. The molecule has 10 heteroatoms. The van der Waals surface area contributed by atoms with E-state index < -0.39 is 29.2 Å². The number of nitrogens with one attached hydrogen (secondary N) is 1. The summed E-state index contributed by atoms with van der Waals surface area (Å²) in [5, 5.41) is 9.99. The maximum Gasteiger partial charge on any atom is 0.418 e. The Hall–Kier alpha value is -2.91. The van der Waals surface area contributed by atoms with Crippen LogP contribution in [0, 0.1) is 0 Å². The predicted molar refractivity (Wildman–Crippen MR) is 91.7 cm³/mol. The molecule has 1 saturated carbocycles. The summed E-state index contributed by atoms with van der Waals surface area (Å²) in [6.07, 6.45) is -0.177. The first kappa shape index (κ1) is 19.8. The highest BCUT2D eigenvalue weighted by molar-refractivity contribution is 5.96. The Labute approximate surface area is 158 Å². The molecule has 1 aromatic heterocycles. The number of rotatable bonds is 4. The lowest BCUT2D eigenvalue weighted by Gasteiger charge is -2.34. The molecule has 0 unspecified atom stereocenters. The first-order chi connectivity index (χ1) is 13.3. The van der Waals surface area contributed by atoms with Gasteiger partial charge in [-0.2, -0.15) is 13.2 Å². The van der Waals surface area contributed by atoms with Crippen LogP contribution < -0.4 is 5.32 Å².